The van der Waals surface area contributed by atoms with Crippen molar-refractivity contribution >= 4 is 33.2 Å². The van der Waals surface area contributed by atoms with Crippen LogP contribution >= 0.6 is 11.6 Å². The van der Waals surface area contributed by atoms with Crippen molar-refractivity contribution in [3.05, 3.63) is 88.9 Å². The molecule has 0 unspecified atom stereocenters. The first-order valence-electron chi connectivity index (χ1n) is 10.5. The molecule has 0 saturated carbocycles. The highest BCUT2D eigenvalue weighted by molar-refractivity contribution is 7.92. The van der Waals surface area contributed by atoms with E-state index in [0.29, 0.717) is 29.6 Å². The minimum absolute atomic E-state index is 0.104. The standard InChI is InChI=1S/C25H27ClN2O4S/c1-4-32-24-8-6-5-7-23(24)28(33(30,31)22-15-9-19(2)10-16-22)18-25(29)27(3)17-20-11-13-21(26)14-12-20/h5-16H,4,17-18H2,1-3H3. The van der Waals surface area contributed by atoms with Crippen molar-refractivity contribution in [3.63, 3.8) is 0 Å². The molecule has 0 aliphatic carbocycles. The van der Waals surface area contributed by atoms with Gasteiger partial charge in [-0.05, 0) is 55.8 Å². The van der Waals surface area contributed by atoms with E-state index in [9.17, 15) is 13.2 Å². The van der Waals surface area contributed by atoms with Crippen LogP contribution in [0.15, 0.2) is 77.7 Å². The van der Waals surface area contributed by atoms with Crippen molar-refractivity contribution in [2.75, 3.05) is 24.5 Å². The molecular formula is C25H27ClN2O4S. The average molecular weight is 487 g/mol. The fourth-order valence-electron chi connectivity index (χ4n) is 3.27. The summed E-state index contributed by atoms with van der Waals surface area (Å²) < 4.78 is 34.1. The van der Waals surface area contributed by atoms with E-state index in [0.717, 1.165) is 15.4 Å². The number of para-hydroxylation sites is 2. The molecule has 8 heteroatoms. The maximum atomic E-state index is 13.6. The molecule has 0 heterocycles. The molecule has 0 N–H and O–H groups in total. The van der Waals surface area contributed by atoms with Gasteiger partial charge in [0.05, 0.1) is 17.2 Å². The van der Waals surface area contributed by atoms with E-state index in [-0.39, 0.29) is 17.3 Å². The van der Waals surface area contributed by atoms with Gasteiger partial charge in [0.1, 0.15) is 12.3 Å². The molecular weight excluding hydrogens is 460 g/mol. The fourth-order valence-corrected chi connectivity index (χ4v) is 4.82. The second-order valence-corrected chi connectivity index (χ2v) is 9.90. The molecule has 0 aliphatic heterocycles. The van der Waals surface area contributed by atoms with Crippen molar-refractivity contribution in [3.8, 4) is 5.75 Å². The molecule has 1 amide bonds. The van der Waals surface area contributed by atoms with Crippen molar-refractivity contribution < 1.29 is 17.9 Å². The molecule has 0 spiro atoms. The molecule has 3 aromatic carbocycles. The molecule has 3 aromatic rings. The molecule has 0 bridgehead atoms. The Balaban J connectivity index is 1.95. The van der Waals surface area contributed by atoms with Gasteiger partial charge in [-0.15, -0.1) is 0 Å². The maximum absolute atomic E-state index is 13.6. The van der Waals surface area contributed by atoms with E-state index >= 15 is 0 Å². The van der Waals surface area contributed by atoms with Crippen LogP contribution in [0.25, 0.3) is 0 Å². The number of rotatable bonds is 9. The summed E-state index contributed by atoms with van der Waals surface area (Å²) in [7, 11) is -2.39. The van der Waals surface area contributed by atoms with E-state index in [4.69, 9.17) is 16.3 Å². The Hall–Kier alpha value is -3.03. The molecule has 0 aromatic heterocycles. The number of sulfonamides is 1. The Morgan fingerprint density at radius 1 is 0.970 bits per heavy atom. The van der Waals surface area contributed by atoms with Crippen molar-refractivity contribution in [1.82, 2.24) is 4.90 Å². The minimum Gasteiger partial charge on any atom is -0.492 e. The van der Waals surface area contributed by atoms with Gasteiger partial charge in [-0.3, -0.25) is 9.10 Å². The summed E-state index contributed by atoms with van der Waals surface area (Å²) >= 11 is 5.94. The SMILES string of the molecule is CCOc1ccccc1N(CC(=O)N(C)Cc1ccc(Cl)cc1)S(=O)(=O)c1ccc(C)cc1. The summed E-state index contributed by atoms with van der Waals surface area (Å²) in [6.45, 7) is 4.01. The fraction of sp³-hybridized carbons (Fsp3) is 0.240. The molecule has 0 atom stereocenters. The Morgan fingerprint density at radius 2 is 1.61 bits per heavy atom. The zero-order chi connectivity index (χ0) is 24.0. The van der Waals surface area contributed by atoms with Gasteiger partial charge in [-0.1, -0.05) is 53.6 Å². The number of likely N-dealkylation sites (N-methyl/N-ethyl adjacent to an activating group) is 1. The van der Waals surface area contributed by atoms with Crippen LogP contribution in [0.1, 0.15) is 18.1 Å². The average Bonchev–Trinajstić information content (AvgIpc) is 2.80. The first-order chi connectivity index (χ1) is 15.7. The molecule has 0 radical (unpaired) electrons. The smallest absolute Gasteiger partial charge is 0.264 e. The van der Waals surface area contributed by atoms with Crippen LogP contribution in [-0.2, 0) is 21.4 Å². The number of carbonyl (C=O) groups is 1. The number of benzene rings is 3. The predicted octanol–water partition coefficient (Wildman–Crippen LogP) is 4.90. The number of nitrogens with zero attached hydrogens (tertiary/aromatic N) is 2. The third-order valence-electron chi connectivity index (χ3n) is 5.08. The highest BCUT2D eigenvalue weighted by atomic mass is 35.5. The van der Waals surface area contributed by atoms with Gasteiger partial charge in [0, 0.05) is 18.6 Å². The van der Waals surface area contributed by atoms with Gasteiger partial charge in [-0.25, -0.2) is 8.42 Å². The van der Waals surface area contributed by atoms with Crippen LogP contribution in [0.2, 0.25) is 5.02 Å². The summed E-state index contributed by atoms with van der Waals surface area (Å²) in [5.74, 6) is 0.0378. The lowest BCUT2D eigenvalue weighted by Gasteiger charge is -2.28. The first kappa shape index (κ1) is 24.6. The lowest BCUT2D eigenvalue weighted by Crippen LogP contribution is -2.41. The second-order valence-electron chi connectivity index (χ2n) is 7.60. The summed E-state index contributed by atoms with van der Waals surface area (Å²) in [5.41, 5.74) is 2.14. The van der Waals surface area contributed by atoms with Gasteiger partial charge in [0.25, 0.3) is 10.0 Å². The molecule has 3 rings (SSSR count). The Kier molecular flexibility index (Phi) is 8.00. The Morgan fingerprint density at radius 3 is 2.24 bits per heavy atom. The molecule has 0 aliphatic rings. The van der Waals surface area contributed by atoms with Gasteiger partial charge in [-0.2, -0.15) is 0 Å². The third-order valence-corrected chi connectivity index (χ3v) is 7.11. The first-order valence-corrected chi connectivity index (χ1v) is 12.3. The van der Waals surface area contributed by atoms with Crippen LogP contribution in [0.3, 0.4) is 0 Å². The van der Waals surface area contributed by atoms with Crippen LogP contribution in [0.4, 0.5) is 5.69 Å². The Bertz CT molecular complexity index is 1200. The molecule has 174 valence electrons. The highest BCUT2D eigenvalue weighted by Gasteiger charge is 2.30. The van der Waals surface area contributed by atoms with Crippen LogP contribution < -0.4 is 9.04 Å². The van der Waals surface area contributed by atoms with Gasteiger partial charge in [0.15, 0.2) is 0 Å². The monoisotopic (exact) mass is 486 g/mol. The number of hydrogen-bond donors (Lipinski definition) is 0. The highest BCUT2D eigenvalue weighted by Crippen LogP contribution is 2.32. The topological polar surface area (TPSA) is 66.9 Å². The summed E-state index contributed by atoms with van der Waals surface area (Å²) in [6, 6.07) is 20.5. The third kappa shape index (κ3) is 6.06. The summed E-state index contributed by atoms with van der Waals surface area (Å²) in [4.78, 5) is 14.7. The second kappa shape index (κ2) is 10.7. The molecule has 0 fully saturated rings. The maximum Gasteiger partial charge on any atom is 0.264 e. The summed E-state index contributed by atoms with van der Waals surface area (Å²) in [5, 5.41) is 0.607. The van der Waals surface area contributed by atoms with Gasteiger partial charge < -0.3 is 9.64 Å². The lowest BCUT2D eigenvalue weighted by atomic mass is 10.2. The molecule has 6 nitrogen and oxygen atoms in total. The Labute approximate surface area is 200 Å². The number of ether oxygens (including phenoxy) is 1. The normalized spacial score (nSPS) is 11.2. The molecule has 33 heavy (non-hydrogen) atoms. The zero-order valence-corrected chi connectivity index (χ0v) is 20.4. The quantitative estimate of drug-likeness (QED) is 0.431. The van der Waals surface area contributed by atoms with Gasteiger partial charge >= 0.3 is 0 Å². The van der Waals surface area contributed by atoms with E-state index < -0.39 is 10.0 Å². The number of anilines is 1. The number of hydrogen-bond acceptors (Lipinski definition) is 4. The predicted molar refractivity (Wildman–Crippen MR) is 131 cm³/mol. The lowest BCUT2D eigenvalue weighted by molar-refractivity contribution is -0.128. The van der Waals surface area contributed by atoms with Crippen LogP contribution in [0.5, 0.6) is 5.75 Å². The number of carbonyl (C=O) groups excluding carboxylic acids is 1. The largest absolute Gasteiger partial charge is 0.492 e. The minimum atomic E-state index is -4.03. The molecule has 0 saturated heterocycles. The number of halogens is 1. The van der Waals surface area contributed by atoms with E-state index in [1.54, 1.807) is 67.7 Å². The zero-order valence-electron chi connectivity index (χ0n) is 18.9. The van der Waals surface area contributed by atoms with Gasteiger partial charge in [0.2, 0.25) is 5.91 Å². The van der Waals surface area contributed by atoms with Crippen molar-refractivity contribution in [2.24, 2.45) is 0 Å². The van der Waals surface area contributed by atoms with E-state index in [1.807, 2.05) is 26.0 Å². The number of aryl methyl sites for hydroxylation is 1. The van der Waals surface area contributed by atoms with Crippen molar-refractivity contribution in [2.45, 2.75) is 25.3 Å². The van der Waals surface area contributed by atoms with Crippen LogP contribution in [0, 0.1) is 6.92 Å². The van der Waals surface area contributed by atoms with E-state index in [2.05, 4.69) is 0 Å². The number of amides is 1. The summed E-state index contributed by atoms with van der Waals surface area (Å²) in [6.07, 6.45) is 0. The van der Waals surface area contributed by atoms with Crippen molar-refractivity contribution in [1.29, 1.82) is 0 Å². The van der Waals surface area contributed by atoms with Crippen LogP contribution in [-0.4, -0.2) is 39.4 Å². The van der Waals surface area contributed by atoms with E-state index in [1.165, 1.54) is 4.90 Å².